The zero-order valence-electron chi connectivity index (χ0n) is 7.67. The zero-order valence-corrected chi connectivity index (χ0v) is 8.48. The van der Waals surface area contributed by atoms with Crippen LogP contribution in [-0.2, 0) is 0 Å². The van der Waals surface area contributed by atoms with E-state index in [2.05, 4.69) is 11.8 Å². The summed E-state index contributed by atoms with van der Waals surface area (Å²) in [5.74, 6) is 2.11. The van der Waals surface area contributed by atoms with Crippen LogP contribution >= 0.6 is 11.8 Å². The summed E-state index contributed by atoms with van der Waals surface area (Å²) < 4.78 is 0. The summed E-state index contributed by atoms with van der Waals surface area (Å²) in [6.45, 7) is 0. The van der Waals surface area contributed by atoms with Gasteiger partial charge < -0.3 is 5.73 Å². The minimum Gasteiger partial charge on any atom is -0.327 e. The van der Waals surface area contributed by atoms with Crippen LogP contribution in [0.25, 0.3) is 0 Å². The van der Waals surface area contributed by atoms with Gasteiger partial charge in [0.15, 0.2) is 0 Å². The molecule has 2 fully saturated rings. The van der Waals surface area contributed by atoms with Crippen molar-refractivity contribution in [1.82, 2.24) is 0 Å². The van der Waals surface area contributed by atoms with Crippen molar-refractivity contribution in [2.24, 2.45) is 11.7 Å². The minimum atomic E-state index is 0.510. The maximum absolute atomic E-state index is 6.04. The SMILES string of the molecule is NC(CSC1CCCC1)C1CC1. The van der Waals surface area contributed by atoms with E-state index >= 15 is 0 Å². The summed E-state index contributed by atoms with van der Waals surface area (Å²) in [6.07, 6.45) is 8.59. The van der Waals surface area contributed by atoms with Crippen LogP contribution in [0.15, 0.2) is 0 Å². The topological polar surface area (TPSA) is 26.0 Å². The van der Waals surface area contributed by atoms with Gasteiger partial charge in [0.1, 0.15) is 0 Å². The Labute approximate surface area is 79.5 Å². The predicted octanol–water partition coefficient (Wildman–Crippen LogP) is 2.40. The Morgan fingerprint density at radius 1 is 1.17 bits per heavy atom. The third-order valence-electron chi connectivity index (χ3n) is 3.05. The molecule has 2 aliphatic carbocycles. The van der Waals surface area contributed by atoms with Crippen molar-refractivity contribution < 1.29 is 0 Å². The van der Waals surface area contributed by atoms with Gasteiger partial charge in [-0.3, -0.25) is 0 Å². The summed E-state index contributed by atoms with van der Waals surface area (Å²) in [7, 11) is 0. The molecule has 0 spiro atoms. The average Bonchev–Trinajstić information content (AvgIpc) is 2.80. The summed E-state index contributed by atoms with van der Waals surface area (Å²) in [6, 6.07) is 0.510. The summed E-state index contributed by atoms with van der Waals surface area (Å²) >= 11 is 2.14. The summed E-state index contributed by atoms with van der Waals surface area (Å²) in [5, 5.41) is 0.954. The van der Waals surface area contributed by atoms with E-state index in [1.165, 1.54) is 44.3 Å². The highest BCUT2D eigenvalue weighted by molar-refractivity contribution is 7.99. The van der Waals surface area contributed by atoms with Gasteiger partial charge in [0.2, 0.25) is 0 Å². The van der Waals surface area contributed by atoms with E-state index in [-0.39, 0.29) is 0 Å². The molecule has 2 aliphatic rings. The number of thioether (sulfide) groups is 1. The Morgan fingerprint density at radius 3 is 2.42 bits per heavy atom. The molecule has 0 amide bonds. The predicted molar refractivity (Wildman–Crippen MR) is 55.4 cm³/mol. The van der Waals surface area contributed by atoms with Crippen LogP contribution < -0.4 is 5.73 Å². The second kappa shape index (κ2) is 4.01. The fraction of sp³-hybridized carbons (Fsp3) is 1.00. The van der Waals surface area contributed by atoms with Crippen LogP contribution in [-0.4, -0.2) is 17.0 Å². The van der Waals surface area contributed by atoms with Gasteiger partial charge in [-0.1, -0.05) is 12.8 Å². The van der Waals surface area contributed by atoms with E-state index in [1.807, 2.05) is 0 Å². The Bertz CT molecular complexity index is 137. The normalized spacial score (nSPS) is 27.8. The third kappa shape index (κ3) is 2.40. The number of rotatable bonds is 4. The van der Waals surface area contributed by atoms with Gasteiger partial charge in [-0.25, -0.2) is 0 Å². The largest absolute Gasteiger partial charge is 0.327 e. The molecule has 0 aromatic rings. The number of hydrogen-bond acceptors (Lipinski definition) is 2. The van der Waals surface area contributed by atoms with E-state index in [4.69, 9.17) is 5.73 Å². The quantitative estimate of drug-likeness (QED) is 0.728. The van der Waals surface area contributed by atoms with Crippen molar-refractivity contribution in [3.8, 4) is 0 Å². The highest BCUT2D eigenvalue weighted by Gasteiger charge is 2.29. The smallest absolute Gasteiger partial charge is 0.0159 e. The van der Waals surface area contributed by atoms with Crippen LogP contribution in [0, 0.1) is 5.92 Å². The molecule has 0 heterocycles. The number of hydrogen-bond donors (Lipinski definition) is 1. The first-order valence-corrected chi connectivity index (χ1v) is 6.28. The molecule has 2 rings (SSSR count). The molecule has 0 aromatic carbocycles. The third-order valence-corrected chi connectivity index (χ3v) is 4.57. The molecule has 0 aromatic heterocycles. The van der Waals surface area contributed by atoms with Gasteiger partial charge in [0.05, 0.1) is 0 Å². The Kier molecular flexibility index (Phi) is 2.97. The second-order valence-corrected chi connectivity index (χ2v) is 5.57. The Morgan fingerprint density at radius 2 is 1.83 bits per heavy atom. The lowest BCUT2D eigenvalue weighted by molar-refractivity contribution is 0.657. The molecule has 2 heteroatoms. The van der Waals surface area contributed by atoms with Gasteiger partial charge >= 0.3 is 0 Å². The van der Waals surface area contributed by atoms with E-state index in [0.29, 0.717) is 6.04 Å². The molecule has 0 aliphatic heterocycles. The maximum atomic E-state index is 6.04. The van der Waals surface area contributed by atoms with Crippen molar-refractivity contribution in [1.29, 1.82) is 0 Å². The van der Waals surface area contributed by atoms with Gasteiger partial charge in [0, 0.05) is 17.0 Å². The molecule has 1 nitrogen and oxygen atoms in total. The molecule has 2 N–H and O–H groups in total. The first-order chi connectivity index (χ1) is 5.86. The molecule has 12 heavy (non-hydrogen) atoms. The van der Waals surface area contributed by atoms with Crippen LogP contribution in [0.3, 0.4) is 0 Å². The molecule has 0 radical (unpaired) electrons. The van der Waals surface area contributed by atoms with Crippen LogP contribution in [0.5, 0.6) is 0 Å². The summed E-state index contributed by atoms with van der Waals surface area (Å²) in [4.78, 5) is 0. The van der Waals surface area contributed by atoms with E-state index in [0.717, 1.165) is 11.2 Å². The highest BCUT2D eigenvalue weighted by atomic mass is 32.2. The lowest BCUT2D eigenvalue weighted by atomic mass is 10.2. The van der Waals surface area contributed by atoms with Crippen LogP contribution in [0.1, 0.15) is 38.5 Å². The zero-order chi connectivity index (χ0) is 8.39. The van der Waals surface area contributed by atoms with Gasteiger partial charge in [-0.2, -0.15) is 11.8 Å². The fourth-order valence-electron chi connectivity index (χ4n) is 1.96. The monoisotopic (exact) mass is 185 g/mol. The molecule has 70 valence electrons. The van der Waals surface area contributed by atoms with Crippen molar-refractivity contribution in [2.75, 3.05) is 5.75 Å². The lowest BCUT2D eigenvalue weighted by Gasteiger charge is -2.13. The summed E-state index contributed by atoms with van der Waals surface area (Å²) in [5.41, 5.74) is 6.04. The fourth-order valence-corrected chi connectivity index (χ4v) is 3.40. The Hall–Kier alpha value is 0.310. The first kappa shape index (κ1) is 8.89. The van der Waals surface area contributed by atoms with Gasteiger partial charge in [0.25, 0.3) is 0 Å². The molecular formula is C10H19NS. The standard InChI is InChI=1S/C10H19NS/c11-10(8-5-6-8)7-12-9-3-1-2-4-9/h8-10H,1-7,11H2. The maximum Gasteiger partial charge on any atom is 0.0159 e. The second-order valence-electron chi connectivity index (χ2n) is 4.24. The molecule has 0 saturated heterocycles. The van der Waals surface area contributed by atoms with Crippen LogP contribution in [0.4, 0.5) is 0 Å². The lowest BCUT2D eigenvalue weighted by Crippen LogP contribution is -2.26. The molecule has 1 unspecified atom stereocenters. The van der Waals surface area contributed by atoms with Crippen molar-refractivity contribution >= 4 is 11.8 Å². The van der Waals surface area contributed by atoms with E-state index in [9.17, 15) is 0 Å². The molecule has 0 bridgehead atoms. The number of nitrogens with two attached hydrogens (primary N) is 1. The van der Waals surface area contributed by atoms with Crippen molar-refractivity contribution in [3.63, 3.8) is 0 Å². The average molecular weight is 185 g/mol. The van der Waals surface area contributed by atoms with Crippen LogP contribution in [0.2, 0.25) is 0 Å². The highest BCUT2D eigenvalue weighted by Crippen LogP contribution is 2.35. The van der Waals surface area contributed by atoms with Gasteiger partial charge in [-0.05, 0) is 31.6 Å². The molecular weight excluding hydrogens is 166 g/mol. The van der Waals surface area contributed by atoms with Crippen molar-refractivity contribution in [3.05, 3.63) is 0 Å². The first-order valence-electron chi connectivity index (χ1n) is 5.23. The van der Waals surface area contributed by atoms with Crippen molar-refractivity contribution in [2.45, 2.75) is 49.8 Å². The molecule has 1 atom stereocenters. The molecule has 2 saturated carbocycles. The van der Waals surface area contributed by atoms with E-state index in [1.54, 1.807) is 0 Å². The Balaban J connectivity index is 1.60. The van der Waals surface area contributed by atoms with E-state index < -0.39 is 0 Å². The minimum absolute atomic E-state index is 0.510. The van der Waals surface area contributed by atoms with Gasteiger partial charge in [-0.15, -0.1) is 0 Å².